The smallest absolute Gasteiger partial charge is 0.144 e. The zero-order chi connectivity index (χ0) is 12.0. The number of nitrogens with zero attached hydrogens (tertiary/aromatic N) is 3. The van der Waals surface area contributed by atoms with Gasteiger partial charge in [-0.3, -0.25) is 0 Å². The highest BCUT2D eigenvalue weighted by Gasteiger charge is 2.05. The second kappa shape index (κ2) is 6.27. The van der Waals surface area contributed by atoms with Crippen molar-refractivity contribution >= 4 is 11.6 Å². The molecule has 0 radical (unpaired) electrons. The van der Waals surface area contributed by atoms with Crippen LogP contribution in [0.4, 0.5) is 11.6 Å². The van der Waals surface area contributed by atoms with Crippen LogP contribution in [0.5, 0.6) is 0 Å². The number of anilines is 2. The number of nitrogen functional groups attached to an aromatic ring is 1. The predicted molar refractivity (Wildman–Crippen MR) is 67.3 cm³/mol. The van der Waals surface area contributed by atoms with Crippen LogP contribution in [0.1, 0.15) is 20.3 Å². The molecule has 0 aromatic carbocycles. The summed E-state index contributed by atoms with van der Waals surface area (Å²) >= 11 is 0. The van der Waals surface area contributed by atoms with E-state index in [1.807, 2.05) is 0 Å². The molecule has 0 amide bonds. The normalized spacial score (nSPS) is 12.8. The molecule has 1 atom stereocenters. The Hall–Kier alpha value is -1.36. The topological polar surface area (TPSA) is 67.1 Å². The summed E-state index contributed by atoms with van der Waals surface area (Å²) in [6, 6.07) is 0.610. The molecule has 1 aromatic heterocycles. The third kappa shape index (κ3) is 4.02. The van der Waals surface area contributed by atoms with Crippen molar-refractivity contribution in [2.24, 2.45) is 0 Å². The van der Waals surface area contributed by atoms with Crippen LogP contribution in [0, 0.1) is 0 Å². The van der Waals surface area contributed by atoms with Crippen LogP contribution < -0.4 is 11.1 Å². The Balaban J connectivity index is 2.27. The first-order valence-corrected chi connectivity index (χ1v) is 5.65. The molecule has 0 saturated heterocycles. The van der Waals surface area contributed by atoms with Crippen LogP contribution >= 0.6 is 0 Å². The molecule has 0 aliphatic rings. The van der Waals surface area contributed by atoms with Gasteiger partial charge in [-0.1, -0.05) is 6.92 Å². The van der Waals surface area contributed by atoms with Gasteiger partial charge < -0.3 is 16.0 Å². The summed E-state index contributed by atoms with van der Waals surface area (Å²) in [7, 11) is 2.13. The molecule has 0 aliphatic heterocycles. The van der Waals surface area contributed by atoms with Gasteiger partial charge in [0.1, 0.15) is 11.6 Å². The molecule has 5 nitrogen and oxygen atoms in total. The van der Waals surface area contributed by atoms with Crippen LogP contribution in [-0.4, -0.2) is 41.0 Å². The molecule has 90 valence electrons. The van der Waals surface area contributed by atoms with Gasteiger partial charge in [0.2, 0.25) is 0 Å². The fourth-order valence-corrected chi connectivity index (χ4v) is 1.32. The SMILES string of the molecule is CCC(C)N(C)CCNc1cnc(N)cn1. The van der Waals surface area contributed by atoms with E-state index in [4.69, 9.17) is 5.73 Å². The lowest BCUT2D eigenvalue weighted by molar-refractivity contribution is 0.261. The van der Waals surface area contributed by atoms with Crippen molar-refractivity contribution in [3.8, 4) is 0 Å². The van der Waals surface area contributed by atoms with Gasteiger partial charge in [-0.15, -0.1) is 0 Å². The molecule has 1 heterocycles. The highest BCUT2D eigenvalue weighted by molar-refractivity contribution is 5.35. The maximum absolute atomic E-state index is 5.45. The molecule has 0 saturated carbocycles. The van der Waals surface area contributed by atoms with E-state index in [9.17, 15) is 0 Å². The Morgan fingerprint density at radius 2 is 2.19 bits per heavy atom. The van der Waals surface area contributed by atoms with Crippen LogP contribution in [0.25, 0.3) is 0 Å². The van der Waals surface area contributed by atoms with Crippen molar-refractivity contribution in [3.05, 3.63) is 12.4 Å². The van der Waals surface area contributed by atoms with Crippen molar-refractivity contribution in [1.29, 1.82) is 0 Å². The largest absolute Gasteiger partial charge is 0.382 e. The van der Waals surface area contributed by atoms with Gasteiger partial charge in [0.25, 0.3) is 0 Å². The van der Waals surface area contributed by atoms with E-state index in [0.29, 0.717) is 11.9 Å². The van der Waals surface area contributed by atoms with E-state index < -0.39 is 0 Å². The average Bonchev–Trinajstić information content (AvgIpc) is 2.30. The van der Waals surface area contributed by atoms with Crippen LogP contribution in [-0.2, 0) is 0 Å². The Morgan fingerprint density at radius 3 is 2.75 bits per heavy atom. The van der Waals surface area contributed by atoms with Crippen molar-refractivity contribution < 1.29 is 0 Å². The predicted octanol–water partition coefficient (Wildman–Crippen LogP) is 1.20. The maximum Gasteiger partial charge on any atom is 0.144 e. The second-order valence-corrected chi connectivity index (χ2v) is 3.99. The van der Waals surface area contributed by atoms with Crippen molar-refractivity contribution in [1.82, 2.24) is 14.9 Å². The van der Waals surface area contributed by atoms with Gasteiger partial charge in [0.15, 0.2) is 0 Å². The summed E-state index contributed by atoms with van der Waals surface area (Å²) in [5, 5.41) is 3.21. The Labute approximate surface area is 97.1 Å². The lowest BCUT2D eigenvalue weighted by atomic mass is 10.2. The van der Waals surface area contributed by atoms with Gasteiger partial charge in [-0.25, -0.2) is 9.97 Å². The average molecular weight is 223 g/mol. The second-order valence-electron chi connectivity index (χ2n) is 3.99. The zero-order valence-corrected chi connectivity index (χ0v) is 10.3. The van der Waals surface area contributed by atoms with E-state index in [0.717, 1.165) is 25.3 Å². The quantitative estimate of drug-likeness (QED) is 0.758. The van der Waals surface area contributed by atoms with Gasteiger partial charge in [0, 0.05) is 19.1 Å². The Bertz CT molecular complexity index is 298. The molecular formula is C11H21N5. The first-order chi connectivity index (χ1) is 7.63. The minimum Gasteiger partial charge on any atom is -0.382 e. The molecule has 0 aliphatic carbocycles. The summed E-state index contributed by atoms with van der Waals surface area (Å²) in [6.07, 6.45) is 4.37. The Kier molecular flexibility index (Phi) is 4.98. The molecule has 5 heteroatoms. The maximum atomic E-state index is 5.45. The minimum absolute atomic E-state index is 0.447. The number of hydrogen-bond acceptors (Lipinski definition) is 5. The third-order valence-electron chi connectivity index (χ3n) is 2.79. The Morgan fingerprint density at radius 1 is 1.44 bits per heavy atom. The van der Waals surface area contributed by atoms with Crippen LogP contribution in [0.2, 0.25) is 0 Å². The molecule has 1 unspecified atom stereocenters. The number of rotatable bonds is 6. The van der Waals surface area contributed by atoms with Gasteiger partial charge in [0.05, 0.1) is 12.4 Å². The monoisotopic (exact) mass is 223 g/mol. The van der Waals surface area contributed by atoms with E-state index in [-0.39, 0.29) is 0 Å². The van der Waals surface area contributed by atoms with E-state index in [2.05, 4.69) is 41.1 Å². The molecule has 16 heavy (non-hydrogen) atoms. The molecule has 3 N–H and O–H groups in total. The van der Waals surface area contributed by atoms with Gasteiger partial charge >= 0.3 is 0 Å². The number of nitrogens with two attached hydrogens (primary N) is 1. The standard InChI is InChI=1S/C11H21N5/c1-4-9(2)16(3)6-5-13-11-8-14-10(12)7-15-11/h7-9H,4-6H2,1-3H3,(H2,12,14)(H,13,15). The number of hydrogen-bond donors (Lipinski definition) is 2. The van der Waals surface area contributed by atoms with Crippen LogP contribution in [0.15, 0.2) is 12.4 Å². The summed E-state index contributed by atoms with van der Waals surface area (Å²) in [4.78, 5) is 10.4. The molecule has 0 bridgehead atoms. The lowest BCUT2D eigenvalue weighted by Crippen LogP contribution is -2.32. The highest BCUT2D eigenvalue weighted by atomic mass is 15.1. The summed E-state index contributed by atoms with van der Waals surface area (Å²) in [5.41, 5.74) is 5.45. The van der Waals surface area contributed by atoms with Crippen LogP contribution in [0.3, 0.4) is 0 Å². The van der Waals surface area contributed by atoms with Gasteiger partial charge in [-0.05, 0) is 20.4 Å². The van der Waals surface area contributed by atoms with E-state index in [1.54, 1.807) is 12.4 Å². The third-order valence-corrected chi connectivity index (χ3v) is 2.79. The molecule has 0 fully saturated rings. The van der Waals surface area contributed by atoms with Crippen molar-refractivity contribution in [3.63, 3.8) is 0 Å². The number of likely N-dealkylation sites (N-methyl/N-ethyl adjacent to an activating group) is 1. The molecule has 1 aromatic rings. The lowest BCUT2D eigenvalue weighted by Gasteiger charge is -2.23. The first-order valence-electron chi connectivity index (χ1n) is 5.65. The zero-order valence-electron chi connectivity index (χ0n) is 10.3. The van der Waals surface area contributed by atoms with E-state index in [1.165, 1.54) is 0 Å². The molecule has 1 rings (SSSR count). The summed E-state index contributed by atoms with van der Waals surface area (Å²) in [6.45, 7) is 6.27. The fraction of sp³-hybridized carbons (Fsp3) is 0.636. The first kappa shape index (κ1) is 12.7. The summed E-state index contributed by atoms with van der Waals surface area (Å²) < 4.78 is 0. The minimum atomic E-state index is 0.447. The number of aromatic nitrogens is 2. The van der Waals surface area contributed by atoms with Gasteiger partial charge in [-0.2, -0.15) is 0 Å². The molecular weight excluding hydrogens is 202 g/mol. The highest BCUT2D eigenvalue weighted by Crippen LogP contribution is 2.02. The summed E-state index contributed by atoms with van der Waals surface area (Å²) in [5.74, 6) is 1.22. The van der Waals surface area contributed by atoms with Crippen molar-refractivity contribution in [2.75, 3.05) is 31.2 Å². The van der Waals surface area contributed by atoms with Crippen molar-refractivity contribution in [2.45, 2.75) is 26.3 Å². The molecule has 0 spiro atoms. The fourth-order valence-electron chi connectivity index (χ4n) is 1.32. The van der Waals surface area contributed by atoms with E-state index >= 15 is 0 Å². The number of nitrogens with one attached hydrogen (secondary N) is 1.